The summed E-state index contributed by atoms with van der Waals surface area (Å²) in [6, 6.07) is 20.2. The van der Waals surface area contributed by atoms with E-state index in [-0.39, 0.29) is 14.5 Å². The van der Waals surface area contributed by atoms with E-state index < -0.39 is 0 Å². The van der Waals surface area contributed by atoms with Gasteiger partial charge in [-0.1, -0.05) is 71.6 Å². The van der Waals surface area contributed by atoms with Gasteiger partial charge in [0.05, 0.1) is 0 Å². The molecular weight excluding hydrogens is 201 g/mol. The first kappa shape index (κ1) is 11.9. The van der Waals surface area contributed by atoms with E-state index in [9.17, 15) is 0 Å². The fourth-order valence-electron chi connectivity index (χ4n) is 1.44. The lowest BCUT2D eigenvalue weighted by atomic mass is 9.62. The van der Waals surface area contributed by atoms with Crippen LogP contribution in [-0.4, -0.2) is 14.5 Å². The fourth-order valence-corrected chi connectivity index (χ4v) is 1.73. The normalized spacial score (nSPS) is 9.13. The second-order valence-corrected chi connectivity index (χ2v) is 3.62. The van der Waals surface area contributed by atoms with Crippen LogP contribution in [0, 0.1) is 0 Å². The van der Waals surface area contributed by atoms with Gasteiger partial charge in [0, 0.05) is 8.41 Å². The maximum atomic E-state index is 6.33. The topological polar surface area (TPSA) is 0 Å². The third-order valence-electron chi connectivity index (χ3n) is 2.18. The second kappa shape index (κ2) is 5.67. The van der Waals surface area contributed by atoms with Crippen LogP contribution < -0.4 is 10.9 Å². The predicted molar refractivity (Wildman–Crippen MR) is 69.5 cm³/mol. The molecule has 0 heterocycles. The molecule has 0 fully saturated rings. The molecule has 0 nitrogen and oxygen atoms in total. The average molecular weight is 211 g/mol. The van der Waals surface area contributed by atoms with Crippen molar-refractivity contribution in [3.05, 3.63) is 60.7 Å². The Morgan fingerprint density at radius 3 is 1.33 bits per heavy atom. The first-order valence-corrected chi connectivity index (χ1v) is 5.05. The van der Waals surface area contributed by atoms with Crippen LogP contribution in [0.25, 0.3) is 0 Å². The number of halogens is 1. The van der Waals surface area contributed by atoms with E-state index >= 15 is 0 Å². The Labute approximate surface area is 97.9 Å². The standard InChI is InChI=1S/C12H10BCl.B/c14-13(11-7-3-1-4-8-11)12-9-5-2-6-10-12;/h1-10H;. The average Bonchev–Trinajstić information content (AvgIpc) is 2.30. The number of hydrogen-bond donors (Lipinski definition) is 0. The Balaban J connectivity index is 0.00000112. The minimum atomic E-state index is -0.0441. The Morgan fingerprint density at radius 2 is 1.00 bits per heavy atom. The minimum absolute atomic E-state index is 0. The lowest BCUT2D eigenvalue weighted by Crippen LogP contribution is -2.36. The Hall–Kier alpha value is -1.14. The quantitative estimate of drug-likeness (QED) is 0.663. The molecule has 71 valence electrons. The first-order chi connectivity index (χ1) is 6.88. The molecule has 3 heteroatoms. The molecule has 0 aliphatic rings. The third kappa shape index (κ3) is 2.90. The van der Waals surface area contributed by atoms with Crippen LogP contribution in [0.3, 0.4) is 0 Å². The highest BCUT2D eigenvalue weighted by atomic mass is 35.5. The van der Waals surface area contributed by atoms with Crippen molar-refractivity contribution in [3.63, 3.8) is 0 Å². The highest BCUT2D eigenvalue weighted by molar-refractivity contribution is 7.21. The predicted octanol–water partition coefficient (Wildman–Crippen LogP) is 1.65. The molecule has 0 aromatic heterocycles. The molecular formula is C12H10B2Cl. The maximum absolute atomic E-state index is 6.33. The molecule has 15 heavy (non-hydrogen) atoms. The van der Waals surface area contributed by atoms with Crippen LogP contribution in [0.1, 0.15) is 0 Å². The van der Waals surface area contributed by atoms with Crippen LogP contribution in [0.15, 0.2) is 60.7 Å². The van der Waals surface area contributed by atoms with Crippen molar-refractivity contribution in [3.8, 4) is 0 Å². The Bertz CT molecular complexity index is 349. The van der Waals surface area contributed by atoms with E-state index in [0.29, 0.717) is 0 Å². The van der Waals surface area contributed by atoms with E-state index in [4.69, 9.17) is 11.5 Å². The number of hydrogen-bond acceptors (Lipinski definition) is 0. The summed E-state index contributed by atoms with van der Waals surface area (Å²) in [5.74, 6) is 0. The van der Waals surface area contributed by atoms with E-state index in [1.54, 1.807) is 0 Å². The lowest BCUT2D eigenvalue weighted by molar-refractivity contribution is 1.74. The maximum Gasteiger partial charge on any atom is 0.315 e. The van der Waals surface area contributed by atoms with Crippen molar-refractivity contribution in [2.45, 2.75) is 0 Å². The van der Waals surface area contributed by atoms with Gasteiger partial charge in [0.15, 0.2) is 0 Å². The van der Waals surface area contributed by atoms with E-state index in [1.807, 2.05) is 60.7 Å². The monoisotopic (exact) mass is 211 g/mol. The summed E-state index contributed by atoms with van der Waals surface area (Å²) in [6.07, 6.45) is -0.0441. The van der Waals surface area contributed by atoms with Gasteiger partial charge in [0.2, 0.25) is 0 Å². The minimum Gasteiger partial charge on any atom is -0.182 e. The van der Waals surface area contributed by atoms with Gasteiger partial charge < -0.3 is 0 Å². The molecule has 0 spiro atoms. The van der Waals surface area contributed by atoms with Crippen LogP contribution >= 0.6 is 11.5 Å². The molecule has 2 aromatic carbocycles. The van der Waals surface area contributed by atoms with Crippen LogP contribution in [-0.2, 0) is 0 Å². The Kier molecular flexibility index (Phi) is 4.51. The molecule has 2 aromatic rings. The summed E-state index contributed by atoms with van der Waals surface area (Å²) in [7, 11) is 0. The fraction of sp³-hybridized carbons (Fsp3) is 0. The third-order valence-corrected chi connectivity index (χ3v) is 2.69. The summed E-state index contributed by atoms with van der Waals surface area (Å²) >= 11 is 6.33. The summed E-state index contributed by atoms with van der Waals surface area (Å²) in [4.78, 5) is 0. The van der Waals surface area contributed by atoms with Crippen molar-refractivity contribution >= 4 is 36.9 Å². The molecule has 0 aliphatic heterocycles. The molecule has 0 aliphatic carbocycles. The van der Waals surface area contributed by atoms with Gasteiger partial charge in [0.1, 0.15) is 0 Å². The summed E-state index contributed by atoms with van der Waals surface area (Å²) in [6.45, 7) is 0. The molecule has 0 saturated heterocycles. The zero-order valence-electron chi connectivity index (χ0n) is 8.31. The number of benzene rings is 2. The lowest BCUT2D eigenvalue weighted by Gasteiger charge is -2.05. The largest absolute Gasteiger partial charge is 0.315 e. The molecule has 3 radical (unpaired) electrons. The SMILES string of the molecule is ClB(c1ccccc1)c1ccccc1.[B]. The van der Waals surface area contributed by atoms with E-state index in [0.717, 1.165) is 10.9 Å². The first-order valence-electron chi connectivity index (χ1n) is 4.62. The highest BCUT2D eigenvalue weighted by Gasteiger charge is 2.14. The summed E-state index contributed by atoms with van der Waals surface area (Å²) in [5, 5.41) is 0. The zero-order valence-corrected chi connectivity index (χ0v) is 9.06. The van der Waals surface area contributed by atoms with Crippen molar-refractivity contribution in [2.75, 3.05) is 0 Å². The highest BCUT2D eigenvalue weighted by Crippen LogP contribution is 1.95. The van der Waals surface area contributed by atoms with E-state index in [1.165, 1.54) is 0 Å². The van der Waals surface area contributed by atoms with Gasteiger partial charge in [0.25, 0.3) is 0 Å². The van der Waals surface area contributed by atoms with Crippen molar-refractivity contribution in [1.82, 2.24) is 0 Å². The van der Waals surface area contributed by atoms with Gasteiger partial charge in [-0.2, -0.15) is 11.5 Å². The molecule has 0 amide bonds. The smallest absolute Gasteiger partial charge is 0.182 e. The van der Waals surface area contributed by atoms with Gasteiger partial charge in [-0.05, 0) is 0 Å². The Morgan fingerprint density at radius 1 is 0.667 bits per heavy atom. The van der Waals surface area contributed by atoms with Crippen LogP contribution in [0.5, 0.6) is 0 Å². The van der Waals surface area contributed by atoms with E-state index in [2.05, 4.69) is 0 Å². The molecule has 0 saturated carbocycles. The van der Waals surface area contributed by atoms with Crippen molar-refractivity contribution in [2.24, 2.45) is 0 Å². The molecule has 2 rings (SSSR count). The van der Waals surface area contributed by atoms with Gasteiger partial charge in [-0.15, -0.1) is 0 Å². The molecule has 0 N–H and O–H groups in total. The molecule has 0 unspecified atom stereocenters. The van der Waals surface area contributed by atoms with Crippen molar-refractivity contribution in [1.29, 1.82) is 0 Å². The second-order valence-electron chi connectivity index (χ2n) is 3.18. The van der Waals surface area contributed by atoms with Gasteiger partial charge in [-0.25, -0.2) is 0 Å². The summed E-state index contributed by atoms with van der Waals surface area (Å²) in [5.41, 5.74) is 2.28. The van der Waals surface area contributed by atoms with Crippen molar-refractivity contribution < 1.29 is 0 Å². The summed E-state index contributed by atoms with van der Waals surface area (Å²) < 4.78 is 0. The molecule has 0 atom stereocenters. The molecule has 0 bridgehead atoms. The van der Waals surface area contributed by atoms with Gasteiger partial charge >= 0.3 is 6.13 Å². The number of rotatable bonds is 2. The van der Waals surface area contributed by atoms with Gasteiger partial charge in [-0.3, -0.25) is 0 Å². The van der Waals surface area contributed by atoms with Crippen LogP contribution in [0.4, 0.5) is 0 Å². The van der Waals surface area contributed by atoms with Crippen LogP contribution in [0.2, 0.25) is 0 Å². The zero-order chi connectivity index (χ0) is 9.80.